The van der Waals surface area contributed by atoms with Gasteiger partial charge in [0.2, 0.25) is 0 Å². The molecule has 2 rings (SSSR count). The highest BCUT2D eigenvalue weighted by Crippen LogP contribution is 2.18. The molecule has 1 aliphatic heterocycles. The lowest BCUT2D eigenvalue weighted by atomic mass is 10.2. The van der Waals surface area contributed by atoms with E-state index in [0.29, 0.717) is 18.1 Å². The molecular formula is C14H18N6O2. The van der Waals surface area contributed by atoms with Crippen molar-refractivity contribution in [3.05, 3.63) is 40.5 Å². The zero-order valence-corrected chi connectivity index (χ0v) is 12.8. The summed E-state index contributed by atoms with van der Waals surface area (Å²) in [5.74, 6) is 0.438. The molecule has 0 spiro atoms. The van der Waals surface area contributed by atoms with Crippen LogP contribution >= 0.6 is 0 Å². The van der Waals surface area contributed by atoms with Gasteiger partial charge in [-0.05, 0) is 38.4 Å². The lowest BCUT2D eigenvalue weighted by molar-refractivity contribution is 0.0378. The fourth-order valence-electron chi connectivity index (χ4n) is 1.99. The second kappa shape index (κ2) is 6.44. The van der Waals surface area contributed by atoms with Crippen LogP contribution in [-0.4, -0.2) is 46.5 Å². The van der Waals surface area contributed by atoms with Gasteiger partial charge in [-0.25, -0.2) is 4.79 Å². The monoisotopic (exact) mass is 302 g/mol. The molecule has 116 valence electrons. The van der Waals surface area contributed by atoms with Crippen molar-refractivity contribution >= 4 is 11.9 Å². The number of rotatable bonds is 3. The van der Waals surface area contributed by atoms with Crippen LogP contribution in [0.1, 0.15) is 26.5 Å². The lowest BCUT2D eigenvalue weighted by Gasteiger charge is -2.25. The number of azide groups is 1. The van der Waals surface area contributed by atoms with E-state index in [9.17, 15) is 4.79 Å². The van der Waals surface area contributed by atoms with Crippen LogP contribution in [-0.2, 0) is 4.74 Å². The van der Waals surface area contributed by atoms with Gasteiger partial charge in [0.1, 0.15) is 11.3 Å². The molecule has 0 aliphatic carbocycles. The Hall–Kier alpha value is -2.60. The molecule has 1 aliphatic rings. The van der Waals surface area contributed by atoms with Crippen LogP contribution in [0.25, 0.3) is 10.4 Å². The average molecular weight is 302 g/mol. The largest absolute Gasteiger partial charge is 0.443 e. The van der Waals surface area contributed by atoms with Crippen molar-refractivity contribution in [1.29, 1.82) is 0 Å². The van der Waals surface area contributed by atoms with Crippen molar-refractivity contribution < 1.29 is 9.53 Å². The zero-order chi connectivity index (χ0) is 16.2. The summed E-state index contributed by atoms with van der Waals surface area (Å²) in [6.07, 6.45) is 1.15. The van der Waals surface area contributed by atoms with E-state index in [0.717, 1.165) is 0 Å². The molecule has 1 amide bonds. The van der Waals surface area contributed by atoms with E-state index >= 15 is 0 Å². The van der Waals surface area contributed by atoms with Crippen LogP contribution in [0.15, 0.2) is 34.5 Å². The van der Waals surface area contributed by atoms with Gasteiger partial charge in [-0.3, -0.25) is 14.9 Å². The second-order valence-electron chi connectivity index (χ2n) is 5.83. The van der Waals surface area contributed by atoms with Crippen LogP contribution in [0.2, 0.25) is 0 Å². The number of aromatic nitrogens is 1. The molecule has 0 saturated heterocycles. The molecule has 0 bridgehead atoms. The van der Waals surface area contributed by atoms with Crippen molar-refractivity contribution in [2.24, 2.45) is 10.1 Å². The van der Waals surface area contributed by atoms with E-state index in [-0.39, 0.29) is 12.6 Å². The van der Waals surface area contributed by atoms with E-state index in [2.05, 4.69) is 20.0 Å². The molecule has 0 aromatic carbocycles. The molecule has 8 heteroatoms. The van der Waals surface area contributed by atoms with Crippen molar-refractivity contribution in [2.45, 2.75) is 32.4 Å². The Morgan fingerprint density at radius 2 is 2.32 bits per heavy atom. The average Bonchev–Trinajstić information content (AvgIpc) is 2.88. The number of pyridine rings is 1. The third-order valence-electron chi connectivity index (χ3n) is 2.82. The number of amides is 1. The number of amidine groups is 1. The Balaban J connectivity index is 2.26. The maximum atomic E-state index is 12.4. The van der Waals surface area contributed by atoms with E-state index in [1.165, 1.54) is 4.90 Å². The van der Waals surface area contributed by atoms with Gasteiger partial charge in [0.25, 0.3) is 0 Å². The number of nitrogens with zero attached hydrogens (tertiary/aromatic N) is 6. The molecule has 1 aromatic rings. The van der Waals surface area contributed by atoms with Gasteiger partial charge in [-0.15, -0.1) is 0 Å². The first-order valence-corrected chi connectivity index (χ1v) is 6.91. The van der Waals surface area contributed by atoms with E-state index in [1.807, 2.05) is 6.07 Å². The lowest BCUT2D eigenvalue weighted by Crippen LogP contribution is -2.40. The molecule has 22 heavy (non-hydrogen) atoms. The number of ether oxygens (including phenoxy) is 1. The minimum Gasteiger partial charge on any atom is -0.443 e. The molecule has 2 heterocycles. The van der Waals surface area contributed by atoms with Gasteiger partial charge in [0.05, 0.1) is 19.1 Å². The van der Waals surface area contributed by atoms with Crippen LogP contribution in [0, 0.1) is 0 Å². The smallest absolute Gasteiger partial charge is 0.416 e. The fraction of sp³-hybridized carbons (Fsp3) is 0.500. The predicted octanol–water partition coefficient (Wildman–Crippen LogP) is 2.76. The normalized spacial score (nSPS) is 17.7. The number of carbonyl (C=O) groups excluding carboxylic acids is 1. The zero-order valence-electron chi connectivity index (χ0n) is 12.8. The standard InChI is InChI=1S/C14H18N6O2/c1-14(2,3)22-13(21)20-9-10(8-17-19-15)18-12(20)11-6-4-5-7-16-11/h4-7,10H,8-9H2,1-3H3/t10-/m1/s1. The summed E-state index contributed by atoms with van der Waals surface area (Å²) >= 11 is 0. The quantitative estimate of drug-likeness (QED) is 0.487. The Bertz CT molecular complexity index is 616. The number of aliphatic imine (C=N–C) groups is 1. The second-order valence-corrected chi connectivity index (χ2v) is 5.83. The molecule has 0 unspecified atom stereocenters. The third kappa shape index (κ3) is 3.95. The van der Waals surface area contributed by atoms with Gasteiger partial charge in [0, 0.05) is 11.1 Å². The molecule has 0 fully saturated rings. The van der Waals surface area contributed by atoms with Crippen molar-refractivity contribution in [3.63, 3.8) is 0 Å². The maximum Gasteiger partial charge on any atom is 0.416 e. The Labute approximate surface area is 128 Å². The van der Waals surface area contributed by atoms with Gasteiger partial charge >= 0.3 is 6.09 Å². The Morgan fingerprint density at radius 3 is 2.91 bits per heavy atom. The van der Waals surface area contributed by atoms with Gasteiger partial charge in [-0.1, -0.05) is 11.2 Å². The van der Waals surface area contributed by atoms with Crippen LogP contribution in [0.5, 0.6) is 0 Å². The predicted molar refractivity (Wildman–Crippen MR) is 81.5 cm³/mol. The Kier molecular flexibility index (Phi) is 4.62. The molecule has 1 aromatic heterocycles. The summed E-state index contributed by atoms with van der Waals surface area (Å²) < 4.78 is 5.40. The molecule has 0 saturated carbocycles. The summed E-state index contributed by atoms with van der Waals surface area (Å²) in [7, 11) is 0. The highest BCUT2D eigenvalue weighted by atomic mass is 16.6. The van der Waals surface area contributed by atoms with Gasteiger partial charge in [0.15, 0.2) is 5.84 Å². The molecule has 0 radical (unpaired) electrons. The maximum absolute atomic E-state index is 12.4. The third-order valence-corrected chi connectivity index (χ3v) is 2.82. The number of hydrogen-bond acceptors (Lipinski definition) is 5. The van der Waals surface area contributed by atoms with E-state index in [4.69, 9.17) is 10.3 Å². The fourth-order valence-corrected chi connectivity index (χ4v) is 1.99. The van der Waals surface area contributed by atoms with Gasteiger partial charge < -0.3 is 4.74 Å². The van der Waals surface area contributed by atoms with Crippen molar-refractivity contribution in [1.82, 2.24) is 9.88 Å². The summed E-state index contributed by atoms with van der Waals surface area (Å²) in [6.45, 7) is 5.90. The Morgan fingerprint density at radius 1 is 1.55 bits per heavy atom. The number of carbonyl (C=O) groups is 1. The van der Waals surface area contributed by atoms with E-state index in [1.54, 1.807) is 39.1 Å². The highest BCUT2D eigenvalue weighted by Gasteiger charge is 2.34. The molecular weight excluding hydrogens is 284 g/mol. The molecule has 1 atom stereocenters. The SMILES string of the molecule is CC(C)(C)OC(=O)N1C[C@@H](CN=[N+]=[N-])N=C1c1ccccn1. The topological polar surface area (TPSA) is 104 Å². The minimum atomic E-state index is -0.602. The first-order valence-electron chi connectivity index (χ1n) is 6.91. The summed E-state index contributed by atoms with van der Waals surface area (Å²) in [5, 5.41) is 3.52. The first kappa shape index (κ1) is 15.8. The highest BCUT2D eigenvalue weighted by molar-refractivity contribution is 6.06. The van der Waals surface area contributed by atoms with Crippen LogP contribution in [0.4, 0.5) is 4.79 Å². The van der Waals surface area contributed by atoms with Gasteiger partial charge in [-0.2, -0.15) is 0 Å². The van der Waals surface area contributed by atoms with Crippen LogP contribution < -0.4 is 0 Å². The molecule has 0 N–H and O–H groups in total. The van der Waals surface area contributed by atoms with Crippen molar-refractivity contribution in [3.8, 4) is 0 Å². The summed E-state index contributed by atoms with van der Waals surface area (Å²) in [4.78, 5) is 25.2. The van der Waals surface area contributed by atoms with Crippen LogP contribution in [0.3, 0.4) is 0 Å². The summed E-state index contributed by atoms with van der Waals surface area (Å²) in [6, 6.07) is 5.08. The first-order chi connectivity index (χ1) is 10.4. The summed E-state index contributed by atoms with van der Waals surface area (Å²) in [5.41, 5.74) is 8.41. The van der Waals surface area contributed by atoms with Crippen molar-refractivity contribution in [2.75, 3.05) is 13.1 Å². The van der Waals surface area contributed by atoms with E-state index < -0.39 is 11.7 Å². The number of hydrogen-bond donors (Lipinski definition) is 0. The minimum absolute atomic E-state index is 0.187. The molecule has 8 nitrogen and oxygen atoms in total.